The predicted octanol–water partition coefficient (Wildman–Crippen LogP) is 9.31. The first kappa shape index (κ1) is 26.7. The predicted molar refractivity (Wildman–Crippen MR) is 150 cm³/mol. The van der Waals surface area contributed by atoms with Crippen LogP contribution in [-0.2, 0) is 9.47 Å². The van der Waals surface area contributed by atoms with Crippen LogP contribution in [0, 0.1) is 46.3 Å². The van der Waals surface area contributed by atoms with Gasteiger partial charge in [-0.2, -0.15) is 0 Å². The highest BCUT2D eigenvalue weighted by atomic mass is 79.9. The molecule has 1 unspecified atom stereocenters. The van der Waals surface area contributed by atoms with Gasteiger partial charge in [0.15, 0.2) is 6.29 Å². The zero-order chi connectivity index (χ0) is 24.6. The van der Waals surface area contributed by atoms with Crippen LogP contribution in [0.25, 0.3) is 0 Å². The van der Waals surface area contributed by atoms with E-state index in [2.05, 4.69) is 49.7 Å². The molecule has 9 atom stereocenters. The van der Waals surface area contributed by atoms with Gasteiger partial charge in [0, 0.05) is 17.4 Å². The number of hydrogen-bond donors (Lipinski definition) is 0. The van der Waals surface area contributed by atoms with Gasteiger partial charge in [0.2, 0.25) is 0 Å². The molecule has 1 heterocycles. The van der Waals surface area contributed by atoms with Crippen molar-refractivity contribution in [3.05, 3.63) is 11.6 Å². The summed E-state index contributed by atoms with van der Waals surface area (Å²) in [5.74, 6) is 5.42. The maximum absolute atomic E-state index is 6.50. The summed E-state index contributed by atoms with van der Waals surface area (Å²) < 4.78 is 12.4. The summed E-state index contributed by atoms with van der Waals surface area (Å²) in [5, 5.41) is 1.15. The first-order chi connectivity index (χ1) is 16.9. The number of ether oxygens (including phenoxy) is 2. The van der Waals surface area contributed by atoms with E-state index in [9.17, 15) is 0 Å². The number of alkyl halides is 1. The van der Waals surface area contributed by atoms with Crippen LogP contribution in [0.2, 0.25) is 0 Å². The molecule has 0 aromatic heterocycles. The molecule has 1 aliphatic heterocycles. The summed E-state index contributed by atoms with van der Waals surface area (Å²) in [5.41, 5.74) is 2.71. The maximum Gasteiger partial charge on any atom is 0.157 e. The Hall–Kier alpha value is 0.140. The molecule has 3 saturated carbocycles. The molecule has 0 aromatic carbocycles. The molecule has 4 fully saturated rings. The maximum atomic E-state index is 6.50. The Bertz CT molecular complexity index is 742. The first-order valence-corrected chi connectivity index (χ1v) is 16.5. The second-order valence-corrected chi connectivity index (χ2v) is 14.5. The van der Waals surface area contributed by atoms with E-state index in [0.717, 1.165) is 60.3 Å². The Morgan fingerprint density at radius 1 is 1.03 bits per heavy atom. The van der Waals surface area contributed by atoms with Crippen LogP contribution in [0.1, 0.15) is 118 Å². The van der Waals surface area contributed by atoms with Crippen LogP contribution in [-0.4, -0.2) is 24.3 Å². The van der Waals surface area contributed by atoms with E-state index in [1.807, 2.05) is 0 Å². The van der Waals surface area contributed by atoms with Crippen LogP contribution < -0.4 is 0 Å². The van der Waals surface area contributed by atoms with Crippen molar-refractivity contribution in [3.63, 3.8) is 0 Å². The smallest absolute Gasteiger partial charge is 0.157 e. The fourth-order valence-corrected chi connectivity index (χ4v) is 10.9. The summed E-state index contributed by atoms with van der Waals surface area (Å²) in [6, 6.07) is 0. The lowest BCUT2D eigenvalue weighted by molar-refractivity contribution is -0.195. The highest BCUT2D eigenvalue weighted by Crippen LogP contribution is 2.67. The van der Waals surface area contributed by atoms with Gasteiger partial charge in [0.1, 0.15) is 0 Å². The zero-order valence-electron chi connectivity index (χ0n) is 23.2. The standard InChI is InChI=1S/C32H53BrO2/c1-22(2)8-7-9-23(3)27-13-14-28-26-12-11-24-20-25(35-30-10-5-6-19-34-30)15-18-32(24,21-33)29(26)16-17-31(27,28)4/h11,22-23,25-30H,5-10,12-21H2,1-4H3/t23-,25+,26+,27-,28+,29+,30?,31-,32-/m1/s1. The summed E-state index contributed by atoms with van der Waals surface area (Å²) in [6.07, 6.45) is 21.8. The van der Waals surface area contributed by atoms with Gasteiger partial charge in [-0.15, -0.1) is 0 Å². The molecule has 0 amide bonds. The van der Waals surface area contributed by atoms with Gasteiger partial charge < -0.3 is 9.47 Å². The molecular weight excluding hydrogens is 496 g/mol. The molecule has 2 nitrogen and oxygen atoms in total. The minimum atomic E-state index is 0.0514. The first-order valence-electron chi connectivity index (χ1n) is 15.4. The van der Waals surface area contributed by atoms with Crippen LogP contribution >= 0.6 is 15.9 Å². The fourth-order valence-electron chi connectivity index (χ4n) is 9.85. The molecule has 3 heteroatoms. The van der Waals surface area contributed by atoms with Gasteiger partial charge in [-0.25, -0.2) is 0 Å². The summed E-state index contributed by atoms with van der Waals surface area (Å²) in [7, 11) is 0. The SMILES string of the molecule is CC(C)CCC[C@@H](C)[C@H]1CC[C@H]2[C@@H]3CC=C4C[C@@H](OC5CCCCO5)CC[C@]4(CBr)[C@H]3CC[C@]12C. The summed E-state index contributed by atoms with van der Waals surface area (Å²) >= 11 is 4.08. The minimum absolute atomic E-state index is 0.0514. The van der Waals surface area contributed by atoms with Crippen molar-refractivity contribution < 1.29 is 9.47 Å². The van der Waals surface area contributed by atoms with Crippen LogP contribution in [0.5, 0.6) is 0 Å². The minimum Gasteiger partial charge on any atom is -0.353 e. The second kappa shape index (κ2) is 11.1. The Kier molecular flexibility index (Phi) is 8.47. The quantitative estimate of drug-likeness (QED) is 0.222. The molecule has 0 radical (unpaired) electrons. The molecule has 5 aliphatic rings. The lowest BCUT2D eigenvalue weighted by Crippen LogP contribution is -2.53. The van der Waals surface area contributed by atoms with E-state index in [0.29, 0.717) is 16.9 Å². The van der Waals surface area contributed by atoms with Crippen molar-refractivity contribution in [2.75, 3.05) is 11.9 Å². The fraction of sp³-hybridized carbons (Fsp3) is 0.938. The third-order valence-electron chi connectivity index (χ3n) is 11.7. The van der Waals surface area contributed by atoms with Crippen molar-refractivity contribution in [2.45, 2.75) is 130 Å². The van der Waals surface area contributed by atoms with Gasteiger partial charge in [0.05, 0.1) is 6.10 Å². The monoisotopic (exact) mass is 548 g/mol. The largest absolute Gasteiger partial charge is 0.353 e. The second-order valence-electron chi connectivity index (χ2n) is 14.0. The highest BCUT2D eigenvalue weighted by molar-refractivity contribution is 9.09. The Morgan fingerprint density at radius 2 is 1.89 bits per heavy atom. The Morgan fingerprint density at radius 3 is 2.63 bits per heavy atom. The lowest BCUT2D eigenvalue weighted by Gasteiger charge is -2.59. The van der Waals surface area contributed by atoms with Crippen molar-refractivity contribution in [3.8, 4) is 0 Å². The van der Waals surface area contributed by atoms with Crippen molar-refractivity contribution in [1.82, 2.24) is 0 Å². The van der Waals surface area contributed by atoms with E-state index in [1.54, 1.807) is 5.57 Å². The van der Waals surface area contributed by atoms with Gasteiger partial charge >= 0.3 is 0 Å². The molecule has 0 spiro atoms. The molecular formula is C32H53BrO2. The number of fused-ring (bicyclic) bond motifs is 5. The number of rotatable bonds is 8. The normalized spacial score (nSPS) is 44.3. The summed E-state index contributed by atoms with van der Waals surface area (Å²) in [4.78, 5) is 0. The van der Waals surface area contributed by atoms with Crippen molar-refractivity contribution >= 4 is 15.9 Å². The number of halogens is 1. The molecule has 0 bridgehead atoms. The Balaban J connectivity index is 1.27. The average molecular weight is 550 g/mol. The van der Waals surface area contributed by atoms with E-state index >= 15 is 0 Å². The summed E-state index contributed by atoms with van der Waals surface area (Å²) in [6.45, 7) is 11.0. The molecule has 35 heavy (non-hydrogen) atoms. The lowest BCUT2D eigenvalue weighted by atomic mass is 9.47. The number of hydrogen-bond acceptors (Lipinski definition) is 2. The van der Waals surface area contributed by atoms with E-state index in [4.69, 9.17) is 9.47 Å². The van der Waals surface area contributed by atoms with Gasteiger partial charge in [-0.1, -0.05) is 74.5 Å². The molecule has 4 aliphatic carbocycles. The molecule has 200 valence electrons. The van der Waals surface area contributed by atoms with Crippen LogP contribution in [0.15, 0.2) is 11.6 Å². The molecule has 0 aromatic rings. The molecule has 0 N–H and O–H groups in total. The van der Waals surface area contributed by atoms with Gasteiger partial charge in [-0.05, 0) is 112 Å². The van der Waals surface area contributed by atoms with Gasteiger partial charge in [-0.3, -0.25) is 0 Å². The average Bonchev–Trinajstić information content (AvgIpc) is 3.21. The molecule has 1 saturated heterocycles. The van der Waals surface area contributed by atoms with Crippen LogP contribution in [0.3, 0.4) is 0 Å². The zero-order valence-corrected chi connectivity index (χ0v) is 24.8. The van der Waals surface area contributed by atoms with Crippen molar-refractivity contribution in [1.29, 1.82) is 0 Å². The third kappa shape index (κ3) is 5.10. The number of allylic oxidation sites excluding steroid dienone is 1. The van der Waals surface area contributed by atoms with Crippen molar-refractivity contribution in [2.24, 2.45) is 46.3 Å². The molecule has 5 rings (SSSR count). The van der Waals surface area contributed by atoms with E-state index in [-0.39, 0.29) is 6.29 Å². The topological polar surface area (TPSA) is 18.5 Å². The van der Waals surface area contributed by atoms with Gasteiger partial charge in [0.25, 0.3) is 0 Å². The third-order valence-corrected chi connectivity index (χ3v) is 12.7. The van der Waals surface area contributed by atoms with E-state index < -0.39 is 0 Å². The Labute approximate surface area is 224 Å². The van der Waals surface area contributed by atoms with Crippen LogP contribution in [0.4, 0.5) is 0 Å². The van der Waals surface area contributed by atoms with E-state index in [1.165, 1.54) is 77.0 Å². The highest BCUT2D eigenvalue weighted by Gasteiger charge is 2.60.